The SMILES string of the molecule is O=C([O-])C1CC(C(=O)[O-])C(C(=O)[O-])N1.[Na+].[Na+].[Na+]. The Bertz CT molecular complexity index is 277. The topological polar surface area (TPSA) is 132 Å². The molecule has 17 heavy (non-hydrogen) atoms. The predicted molar refractivity (Wildman–Crippen MR) is 33.8 cm³/mol. The molecule has 7 nitrogen and oxygen atoms in total. The largest absolute Gasteiger partial charge is 1.00 e. The minimum absolute atomic E-state index is 0. The molecule has 3 unspecified atom stereocenters. The number of carboxylic acid groups (broad SMARTS) is 3. The molecule has 0 bridgehead atoms. The van der Waals surface area contributed by atoms with Crippen LogP contribution in [0.1, 0.15) is 6.42 Å². The summed E-state index contributed by atoms with van der Waals surface area (Å²) < 4.78 is 0. The van der Waals surface area contributed by atoms with Gasteiger partial charge in [-0.15, -0.1) is 0 Å². The van der Waals surface area contributed by atoms with Gasteiger partial charge >= 0.3 is 88.7 Å². The molecule has 0 aliphatic carbocycles. The Kier molecular flexibility index (Phi) is 14.1. The number of carboxylic acids is 3. The molecule has 1 fully saturated rings. The van der Waals surface area contributed by atoms with Gasteiger partial charge in [0, 0.05) is 17.9 Å². The van der Waals surface area contributed by atoms with E-state index in [4.69, 9.17) is 0 Å². The third-order valence-electron chi connectivity index (χ3n) is 2.11. The summed E-state index contributed by atoms with van der Waals surface area (Å²) in [5.74, 6) is -6.22. The smallest absolute Gasteiger partial charge is 0.550 e. The van der Waals surface area contributed by atoms with Crippen molar-refractivity contribution >= 4 is 17.9 Å². The molecule has 0 aromatic heterocycles. The third-order valence-corrected chi connectivity index (χ3v) is 2.11. The van der Waals surface area contributed by atoms with Gasteiger partial charge in [0.1, 0.15) is 0 Å². The molecule has 0 aromatic rings. The molecule has 0 aromatic carbocycles. The van der Waals surface area contributed by atoms with Gasteiger partial charge < -0.3 is 35.0 Å². The first-order valence-electron chi connectivity index (χ1n) is 3.82. The van der Waals surface area contributed by atoms with E-state index in [1.54, 1.807) is 0 Å². The number of rotatable bonds is 3. The van der Waals surface area contributed by atoms with E-state index in [1.807, 2.05) is 0 Å². The van der Waals surface area contributed by atoms with E-state index in [2.05, 4.69) is 5.32 Å². The second-order valence-corrected chi connectivity index (χ2v) is 3.00. The van der Waals surface area contributed by atoms with Crippen molar-refractivity contribution in [1.82, 2.24) is 5.32 Å². The van der Waals surface area contributed by atoms with Gasteiger partial charge in [-0.1, -0.05) is 0 Å². The van der Waals surface area contributed by atoms with E-state index in [1.165, 1.54) is 0 Å². The summed E-state index contributed by atoms with van der Waals surface area (Å²) in [5.41, 5.74) is 0. The molecule has 1 heterocycles. The summed E-state index contributed by atoms with van der Waals surface area (Å²) in [5, 5.41) is 33.2. The number of hydrogen-bond donors (Lipinski definition) is 1. The average Bonchev–Trinajstić information content (AvgIpc) is 2.47. The maximum atomic E-state index is 10.4. The predicted octanol–water partition coefficient (Wildman–Crippen LogP) is -14.4. The fourth-order valence-electron chi connectivity index (χ4n) is 1.42. The second kappa shape index (κ2) is 10.2. The Balaban J connectivity index is -0.000000653. The number of hydrogen-bond acceptors (Lipinski definition) is 7. The van der Waals surface area contributed by atoms with Crippen LogP contribution in [-0.2, 0) is 14.4 Å². The molecule has 10 heteroatoms. The normalized spacial score (nSPS) is 25.8. The molecule has 1 N–H and O–H groups in total. The first-order chi connectivity index (χ1) is 6.43. The number of carbonyl (C=O) groups is 3. The molecule has 1 rings (SSSR count). The van der Waals surface area contributed by atoms with Crippen molar-refractivity contribution in [3.05, 3.63) is 0 Å². The van der Waals surface area contributed by atoms with Crippen LogP contribution in [0.3, 0.4) is 0 Å². The van der Waals surface area contributed by atoms with Gasteiger partial charge in [-0.2, -0.15) is 0 Å². The van der Waals surface area contributed by atoms with Gasteiger partial charge in [0.2, 0.25) is 0 Å². The molecule has 1 aliphatic heterocycles. The Morgan fingerprint density at radius 3 is 1.59 bits per heavy atom. The van der Waals surface area contributed by atoms with Gasteiger partial charge in [-0.25, -0.2) is 0 Å². The summed E-state index contributed by atoms with van der Waals surface area (Å²) in [7, 11) is 0. The summed E-state index contributed by atoms with van der Waals surface area (Å²) >= 11 is 0. The van der Waals surface area contributed by atoms with Crippen molar-refractivity contribution in [3.63, 3.8) is 0 Å². The van der Waals surface area contributed by atoms with Crippen molar-refractivity contribution in [1.29, 1.82) is 0 Å². The molecule has 78 valence electrons. The first kappa shape index (κ1) is 23.5. The van der Waals surface area contributed by atoms with Gasteiger partial charge in [-0.3, -0.25) is 0 Å². The Hall–Kier alpha value is 1.37. The first-order valence-corrected chi connectivity index (χ1v) is 3.82. The van der Waals surface area contributed by atoms with E-state index in [-0.39, 0.29) is 95.1 Å². The quantitative estimate of drug-likeness (QED) is 0.503. The minimum atomic E-state index is -1.66. The van der Waals surface area contributed by atoms with E-state index in [9.17, 15) is 29.7 Å². The van der Waals surface area contributed by atoms with Gasteiger partial charge in [0.25, 0.3) is 0 Å². The molecule has 0 radical (unpaired) electrons. The van der Waals surface area contributed by atoms with Crippen LogP contribution in [0, 0.1) is 5.92 Å². The average molecular weight is 269 g/mol. The van der Waals surface area contributed by atoms with Crippen molar-refractivity contribution in [2.75, 3.05) is 0 Å². The van der Waals surface area contributed by atoms with Crippen LogP contribution in [0.2, 0.25) is 0 Å². The number of aliphatic carboxylic acids is 3. The molecule has 1 saturated heterocycles. The number of nitrogens with one attached hydrogen (secondary N) is 1. The zero-order valence-corrected chi connectivity index (χ0v) is 15.9. The molecular weight excluding hydrogens is 263 g/mol. The zero-order chi connectivity index (χ0) is 10.9. The second-order valence-electron chi connectivity index (χ2n) is 3.00. The van der Waals surface area contributed by atoms with Gasteiger partial charge in [-0.05, 0) is 6.42 Å². The van der Waals surface area contributed by atoms with Crippen LogP contribution in [0.15, 0.2) is 0 Å². The standard InChI is InChI=1S/C7H9NO6.3Na/c9-5(10)2-1-3(6(11)12)8-4(2)7(13)14;;;/h2-4,8H,1H2,(H,9,10)(H,11,12)(H,13,14);;;/q;3*+1/p-3. The third kappa shape index (κ3) is 6.38. The van der Waals surface area contributed by atoms with Crippen LogP contribution < -0.4 is 109 Å². The molecule has 0 spiro atoms. The van der Waals surface area contributed by atoms with Crippen LogP contribution in [-0.4, -0.2) is 30.0 Å². The molecule has 0 amide bonds. The summed E-state index contributed by atoms with van der Waals surface area (Å²) in [6, 6.07) is -2.83. The van der Waals surface area contributed by atoms with Crippen molar-refractivity contribution in [2.24, 2.45) is 5.92 Å². The van der Waals surface area contributed by atoms with E-state index in [0.29, 0.717) is 0 Å². The van der Waals surface area contributed by atoms with Gasteiger partial charge in [0.05, 0.1) is 18.0 Å². The van der Waals surface area contributed by atoms with Crippen LogP contribution >= 0.6 is 0 Å². The van der Waals surface area contributed by atoms with E-state index < -0.39 is 35.9 Å². The Labute approximate surface area is 164 Å². The Morgan fingerprint density at radius 1 is 0.882 bits per heavy atom. The fraction of sp³-hybridized carbons (Fsp3) is 0.571. The summed E-state index contributed by atoms with van der Waals surface area (Å²) in [4.78, 5) is 31.2. The summed E-state index contributed by atoms with van der Waals surface area (Å²) in [6.07, 6.45) is -0.372. The minimum Gasteiger partial charge on any atom is -0.550 e. The molecule has 0 saturated carbocycles. The van der Waals surface area contributed by atoms with Crippen LogP contribution in [0.5, 0.6) is 0 Å². The van der Waals surface area contributed by atoms with Gasteiger partial charge in [0.15, 0.2) is 0 Å². The maximum absolute atomic E-state index is 10.4. The molecular formula is C7H6NNa3O6. The Morgan fingerprint density at radius 2 is 1.35 bits per heavy atom. The molecule has 3 atom stereocenters. The zero-order valence-electron chi connectivity index (χ0n) is 9.89. The van der Waals surface area contributed by atoms with E-state index in [0.717, 1.165) is 0 Å². The van der Waals surface area contributed by atoms with Crippen molar-refractivity contribution in [3.8, 4) is 0 Å². The fourth-order valence-corrected chi connectivity index (χ4v) is 1.42. The van der Waals surface area contributed by atoms with Crippen LogP contribution in [0.25, 0.3) is 0 Å². The van der Waals surface area contributed by atoms with E-state index >= 15 is 0 Å². The maximum Gasteiger partial charge on any atom is 1.00 e. The summed E-state index contributed by atoms with van der Waals surface area (Å²) in [6.45, 7) is 0. The van der Waals surface area contributed by atoms with Crippen molar-refractivity contribution in [2.45, 2.75) is 18.5 Å². The molecule has 1 aliphatic rings. The van der Waals surface area contributed by atoms with Crippen molar-refractivity contribution < 1.29 is 118 Å². The monoisotopic (exact) mass is 269 g/mol. The van der Waals surface area contributed by atoms with Crippen LogP contribution in [0.4, 0.5) is 0 Å². The number of carbonyl (C=O) groups excluding carboxylic acids is 3.